The van der Waals surface area contributed by atoms with Gasteiger partial charge in [0.05, 0.1) is 0 Å². The van der Waals surface area contributed by atoms with Gasteiger partial charge in [0.15, 0.2) is 0 Å². The van der Waals surface area contributed by atoms with E-state index in [0.29, 0.717) is 0 Å². The Kier molecular flexibility index (Phi) is 3.28. The van der Waals surface area contributed by atoms with Crippen molar-refractivity contribution in [2.75, 3.05) is 24.7 Å². The van der Waals surface area contributed by atoms with Crippen molar-refractivity contribution in [2.24, 2.45) is 0 Å². The summed E-state index contributed by atoms with van der Waals surface area (Å²) in [5, 5.41) is 0. The zero-order chi connectivity index (χ0) is 13.3. The summed E-state index contributed by atoms with van der Waals surface area (Å²) in [4.78, 5) is 2.14. The summed E-state index contributed by atoms with van der Waals surface area (Å²) in [6, 6.07) is 12.4. The van der Waals surface area contributed by atoms with Gasteiger partial charge in [0, 0.05) is 25.5 Å². The van der Waals surface area contributed by atoms with Gasteiger partial charge >= 0.3 is 0 Å². The van der Waals surface area contributed by atoms with Gasteiger partial charge in [-0.3, -0.25) is 0 Å². The van der Waals surface area contributed by atoms with Gasteiger partial charge in [0.1, 0.15) is 0 Å². The molecule has 0 saturated carbocycles. The predicted molar refractivity (Wildman–Crippen MR) is 80.1 cm³/mol. The van der Waals surface area contributed by atoms with E-state index >= 15 is 0 Å². The Bertz CT molecular complexity index is 571. The van der Waals surface area contributed by atoms with Gasteiger partial charge in [-0.15, -0.1) is 0 Å². The average molecular weight is 240 g/mol. The van der Waals surface area contributed by atoms with Crippen molar-refractivity contribution in [1.82, 2.24) is 0 Å². The first-order valence-corrected chi connectivity index (χ1v) is 6.14. The standard InChI is InChI=1S/C16H20N2/c1-11-12(2)16(18(3)4)9-8-15(11)13-6-5-7-14(17)10-13/h5-10H,17H2,1-4H3. The van der Waals surface area contributed by atoms with E-state index in [9.17, 15) is 0 Å². The van der Waals surface area contributed by atoms with Crippen molar-refractivity contribution in [3.05, 3.63) is 47.5 Å². The maximum atomic E-state index is 5.85. The van der Waals surface area contributed by atoms with E-state index in [1.165, 1.54) is 27.9 Å². The maximum absolute atomic E-state index is 5.85. The summed E-state index contributed by atoms with van der Waals surface area (Å²) in [5.74, 6) is 0. The SMILES string of the molecule is Cc1c(-c2cccc(N)c2)ccc(N(C)C)c1C. The van der Waals surface area contributed by atoms with Crippen molar-refractivity contribution in [2.45, 2.75) is 13.8 Å². The van der Waals surface area contributed by atoms with E-state index in [1.54, 1.807) is 0 Å². The molecular weight excluding hydrogens is 220 g/mol. The lowest BCUT2D eigenvalue weighted by Crippen LogP contribution is -2.11. The third-order valence-electron chi connectivity index (χ3n) is 3.44. The fourth-order valence-corrected chi connectivity index (χ4v) is 2.31. The minimum Gasteiger partial charge on any atom is -0.399 e. The van der Waals surface area contributed by atoms with Crippen molar-refractivity contribution in [3.63, 3.8) is 0 Å². The Morgan fingerprint density at radius 3 is 2.28 bits per heavy atom. The van der Waals surface area contributed by atoms with Gasteiger partial charge in [0.2, 0.25) is 0 Å². The topological polar surface area (TPSA) is 29.3 Å². The summed E-state index contributed by atoms with van der Waals surface area (Å²) >= 11 is 0. The molecule has 0 unspecified atom stereocenters. The van der Waals surface area contributed by atoms with Crippen LogP contribution in [0, 0.1) is 13.8 Å². The highest BCUT2D eigenvalue weighted by atomic mass is 15.1. The second-order valence-electron chi connectivity index (χ2n) is 4.90. The van der Waals surface area contributed by atoms with Crippen LogP contribution in [0.25, 0.3) is 11.1 Å². The molecule has 0 amide bonds. The quantitative estimate of drug-likeness (QED) is 0.812. The number of hydrogen-bond donors (Lipinski definition) is 1. The molecule has 18 heavy (non-hydrogen) atoms. The van der Waals surface area contributed by atoms with Crippen LogP contribution in [-0.2, 0) is 0 Å². The third-order valence-corrected chi connectivity index (χ3v) is 3.44. The fraction of sp³-hybridized carbons (Fsp3) is 0.250. The van der Waals surface area contributed by atoms with Gasteiger partial charge < -0.3 is 10.6 Å². The van der Waals surface area contributed by atoms with Crippen LogP contribution < -0.4 is 10.6 Å². The highest BCUT2D eigenvalue weighted by Crippen LogP contribution is 2.31. The van der Waals surface area contributed by atoms with E-state index in [1.807, 2.05) is 18.2 Å². The van der Waals surface area contributed by atoms with Crippen molar-refractivity contribution in [3.8, 4) is 11.1 Å². The molecule has 2 aromatic rings. The molecule has 0 heterocycles. The number of rotatable bonds is 2. The van der Waals surface area contributed by atoms with E-state index < -0.39 is 0 Å². The molecule has 94 valence electrons. The zero-order valence-corrected chi connectivity index (χ0v) is 11.5. The Labute approximate surface area is 109 Å². The second-order valence-corrected chi connectivity index (χ2v) is 4.90. The van der Waals surface area contributed by atoms with Gasteiger partial charge in [-0.25, -0.2) is 0 Å². The van der Waals surface area contributed by atoms with Crippen LogP contribution in [0.5, 0.6) is 0 Å². The molecular formula is C16H20N2. The Morgan fingerprint density at radius 2 is 1.67 bits per heavy atom. The van der Waals surface area contributed by atoms with Crippen molar-refractivity contribution < 1.29 is 0 Å². The minimum absolute atomic E-state index is 0.807. The number of nitrogens with zero attached hydrogens (tertiary/aromatic N) is 1. The van der Waals surface area contributed by atoms with E-state index in [0.717, 1.165) is 5.69 Å². The van der Waals surface area contributed by atoms with Crippen molar-refractivity contribution in [1.29, 1.82) is 0 Å². The number of hydrogen-bond acceptors (Lipinski definition) is 2. The predicted octanol–water partition coefficient (Wildman–Crippen LogP) is 3.62. The van der Waals surface area contributed by atoms with E-state index in [2.05, 4.69) is 51.0 Å². The molecule has 0 aliphatic carbocycles. The number of nitrogens with two attached hydrogens (primary N) is 1. The van der Waals surface area contributed by atoms with Crippen LogP contribution in [-0.4, -0.2) is 14.1 Å². The Morgan fingerprint density at radius 1 is 0.944 bits per heavy atom. The maximum Gasteiger partial charge on any atom is 0.0393 e. The largest absolute Gasteiger partial charge is 0.399 e. The summed E-state index contributed by atoms with van der Waals surface area (Å²) in [6.07, 6.45) is 0. The normalized spacial score (nSPS) is 10.4. The van der Waals surface area contributed by atoms with Crippen LogP contribution >= 0.6 is 0 Å². The monoisotopic (exact) mass is 240 g/mol. The molecule has 0 aliphatic rings. The molecule has 2 aromatic carbocycles. The highest BCUT2D eigenvalue weighted by Gasteiger charge is 2.09. The van der Waals surface area contributed by atoms with Crippen LogP contribution in [0.3, 0.4) is 0 Å². The summed E-state index contributed by atoms with van der Waals surface area (Å²) in [6.45, 7) is 4.33. The van der Waals surface area contributed by atoms with Crippen LogP contribution in [0.4, 0.5) is 11.4 Å². The molecule has 0 aromatic heterocycles. The highest BCUT2D eigenvalue weighted by molar-refractivity contribution is 5.75. The lowest BCUT2D eigenvalue weighted by Gasteiger charge is -2.19. The molecule has 2 nitrogen and oxygen atoms in total. The number of benzene rings is 2. The van der Waals surface area contributed by atoms with Gasteiger partial charge in [0.25, 0.3) is 0 Å². The first kappa shape index (κ1) is 12.5. The van der Waals surface area contributed by atoms with Crippen LogP contribution in [0.15, 0.2) is 36.4 Å². The number of nitrogen functional groups attached to an aromatic ring is 1. The van der Waals surface area contributed by atoms with Crippen molar-refractivity contribution >= 4 is 11.4 Å². The third kappa shape index (κ3) is 2.19. The molecule has 0 radical (unpaired) electrons. The first-order chi connectivity index (χ1) is 8.50. The van der Waals surface area contributed by atoms with Crippen LogP contribution in [0.2, 0.25) is 0 Å². The molecule has 2 rings (SSSR count). The molecule has 0 saturated heterocycles. The lowest BCUT2D eigenvalue weighted by molar-refractivity contribution is 1.11. The van der Waals surface area contributed by atoms with Gasteiger partial charge in [-0.2, -0.15) is 0 Å². The molecule has 2 N–H and O–H groups in total. The zero-order valence-electron chi connectivity index (χ0n) is 11.5. The Hall–Kier alpha value is -1.96. The van der Waals surface area contributed by atoms with Gasteiger partial charge in [-0.1, -0.05) is 18.2 Å². The smallest absolute Gasteiger partial charge is 0.0393 e. The van der Waals surface area contributed by atoms with Gasteiger partial charge in [-0.05, 0) is 54.3 Å². The molecule has 0 atom stereocenters. The van der Waals surface area contributed by atoms with E-state index in [4.69, 9.17) is 5.73 Å². The first-order valence-electron chi connectivity index (χ1n) is 6.14. The average Bonchev–Trinajstić information content (AvgIpc) is 2.32. The summed E-state index contributed by atoms with van der Waals surface area (Å²) in [7, 11) is 4.14. The van der Waals surface area contributed by atoms with E-state index in [-0.39, 0.29) is 0 Å². The molecule has 0 fully saturated rings. The molecule has 0 spiro atoms. The molecule has 2 heteroatoms. The molecule has 0 aliphatic heterocycles. The van der Waals surface area contributed by atoms with Crippen LogP contribution in [0.1, 0.15) is 11.1 Å². The Balaban J connectivity index is 2.57. The summed E-state index contributed by atoms with van der Waals surface area (Å²) < 4.78 is 0. The number of anilines is 2. The second kappa shape index (κ2) is 4.73. The molecule has 0 bridgehead atoms. The fourth-order valence-electron chi connectivity index (χ4n) is 2.31. The minimum atomic E-state index is 0.807. The lowest BCUT2D eigenvalue weighted by atomic mass is 9.95. The summed E-state index contributed by atoms with van der Waals surface area (Å²) in [5.41, 5.74) is 13.0.